The molecule has 1 heterocycles. The zero-order valence-electron chi connectivity index (χ0n) is 13.9. The van der Waals surface area contributed by atoms with Crippen LogP contribution in [0.1, 0.15) is 49.6 Å². The Hall–Kier alpha value is -0.800. The van der Waals surface area contributed by atoms with Crippen LogP contribution in [0.25, 0.3) is 0 Å². The van der Waals surface area contributed by atoms with Crippen LogP contribution in [0.5, 0.6) is 0 Å². The highest BCUT2D eigenvalue weighted by atomic mass is 15.2. The van der Waals surface area contributed by atoms with Gasteiger partial charge in [-0.3, -0.25) is 0 Å². The first-order valence-electron chi connectivity index (χ1n) is 8.04. The molecule has 20 heavy (non-hydrogen) atoms. The maximum Gasteiger partial charge on any atom is 0.0328 e. The molecule has 1 fully saturated rings. The molecular weight excluding hydrogens is 246 g/mol. The predicted molar refractivity (Wildman–Crippen MR) is 86.2 cm³/mol. The van der Waals surface area contributed by atoms with Crippen molar-refractivity contribution in [3.05, 3.63) is 23.0 Å². The van der Waals surface area contributed by atoms with E-state index in [0.717, 1.165) is 19.6 Å². The Kier molecular flexibility index (Phi) is 4.92. The summed E-state index contributed by atoms with van der Waals surface area (Å²) in [6.45, 7) is 9.84. The van der Waals surface area contributed by atoms with Crippen LogP contribution in [-0.2, 0) is 13.1 Å². The van der Waals surface area contributed by atoms with Crippen LogP contribution in [0.2, 0.25) is 0 Å². The van der Waals surface area contributed by atoms with Gasteiger partial charge in [0.2, 0.25) is 0 Å². The number of likely N-dealkylation sites (N-methyl/N-ethyl adjacent to an activating group) is 1. The van der Waals surface area contributed by atoms with E-state index in [0.29, 0.717) is 5.54 Å². The van der Waals surface area contributed by atoms with E-state index in [-0.39, 0.29) is 0 Å². The fourth-order valence-corrected chi connectivity index (χ4v) is 3.78. The Bertz CT molecular complexity index is 439. The summed E-state index contributed by atoms with van der Waals surface area (Å²) < 4.78 is 2.40. The molecule has 0 atom stereocenters. The summed E-state index contributed by atoms with van der Waals surface area (Å²) in [5.41, 5.74) is 4.64. The van der Waals surface area contributed by atoms with Gasteiger partial charge in [0.1, 0.15) is 0 Å². The monoisotopic (exact) mass is 277 g/mol. The normalized spacial score (nSPS) is 18.1. The standard InChI is InChI=1S/C17H31N3/c1-6-20-14(2)11-16(15(20)3)12-18-13-17(19(4)5)9-7-8-10-17/h11,18H,6-10,12-13H2,1-5H3. The van der Waals surface area contributed by atoms with Crippen LogP contribution in [0.4, 0.5) is 0 Å². The van der Waals surface area contributed by atoms with Gasteiger partial charge in [-0.15, -0.1) is 0 Å². The van der Waals surface area contributed by atoms with Crippen molar-refractivity contribution in [1.29, 1.82) is 0 Å². The summed E-state index contributed by atoms with van der Waals surface area (Å²) in [4.78, 5) is 2.43. The van der Waals surface area contributed by atoms with Crippen molar-refractivity contribution in [2.75, 3.05) is 20.6 Å². The van der Waals surface area contributed by atoms with Gasteiger partial charge in [-0.1, -0.05) is 12.8 Å². The summed E-state index contributed by atoms with van der Waals surface area (Å²) in [5.74, 6) is 0. The van der Waals surface area contributed by atoms with Gasteiger partial charge in [0, 0.05) is 36.6 Å². The Labute approximate surface area is 124 Å². The molecule has 1 aliphatic rings. The molecule has 0 aromatic carbocycles. The molecule has 0 saturated heterocycles. The molecule has 0 radical (unpaired) electrons. The van der Waals surface area contributed by atoms with E-state index in [4.69, 9.17) is 0 Å². The summed E-state index contributed by atoms with van der Waals surface area (Å²) in [5, 5.41) is 3.72. The first kappa shape index (κ1) is 15.6. The van der Waals surface area contributed by atoms with Crippen LogP contribution < -0.4 is 5.32 Å². The zero-order chi connectivity index (χ0) is 14.8. The summed E-state index contributed by atoms with van der Waals surface area (Å²) in [6, 6.07) is 2.34. The molecule has 1 aliphatic carbocycles. The van der Waals surface area contributed by atoms with E-state index in [1.807, 2.05) is 0 Å². The van der Waals surface area contributed by atoms with E-state index in [1.165, 1.54) is 42.6 Å². The van der Waals surface area contributed by atoms with Crippen molar-refractivity contribution >= 4 is 0 Å². The largest absolute Gasteiger partial charge is 0.349 e. The molecule has 0 unspecified atom stereocenters. The highest BCUT2D eigenvalue weighted by molar-refractivity contribution is 5.26. The number of aryl methyl sites for hydroxylation is 1. The maximum absolute atomic E-state index is 3.72. The van der Waals surface area contributed by atoms with E-state index in [2.05, 4.69) is 55.7 Å². The highest BCUT2D eigenvalue weighted by Gasteiger charge is 2.35. The van der Waals surface area contributed by atoms with Gasteiger partial charge in [0.05, 0.1) is 0 Å². The van der Waals surface area contributed by atoms with Gasteiger partial charge in [-0.2, -0.15) is 0 Å². The molecule has 1 saturated carbocycles. The third kappa shape index (κ3) is 2.94. The first-order chi connectivity index (χ1) is 9.50. The van der Waals surface area contributed by atoms with Gasteiger partial charge in [-0.25, -0.2) is 0 Å². The maximum atomic E-state index is 3.72. The van der Waals surface area contributed by atoms with Crippen LogP contribution in [-0.4, -0.2) is 35.6 Å². The second-order valence-electron chi connectivity index (χ2n) is 6.57. The lowest BCUT2D eigenvalue weighted by molar-refractivity contribution is 0.153. The average Bonchev–Trinajstić information content (AvgIpc) is 2.97. The summed E-state index contributed by atoms with van der Waals surface area (Å²) in [7, 11) is 4.46. The van der Waals surface area contributed by atoms with Crippen LogP contribution >= 0.6 is 0 Å². The lowest BCUT2D eigenvalue weighted by atomic mass is 9.96. The third-order valence-corrected chi connectivity index (χ3v) is 5.25. The van der Waals surface area contributed by atoms with Crippen molar-refractivity contribution in [3.63, 3.8) is 0 Å². The number of nitrogens with one attached hydrogen (secondary N) is 1. The van der Waals surface area contributed by atoms with Crippen LogP contribution in [0, 0.1) is 13.8 Å². The highest BCUT2D eigenvalue weighted by Crippen LogP contribution is 2.33. The number of hydrogen-bond donors (Lipinski definition) is 1. The SMILES string of the molecule is CCn1c(C)cc(CNCC2(N(C)C)CCCC2)c1C. The Morgan fingerprint density at radius 2 is 1.90 bits per heavy atom. The third-order valence-electron chi connectivity index (χ3n) is 5.25. The molecule has 0 bridgehead atoms. The molecule has 0 aliphatic heterocycles. The minimum Gasteiger partial charge on any atom is -0.349 e. The molecule has 2 rings (SSSR count). The van der Waals surface area contributed by atoms with Crippen molar-refractivity contribution < 1.29 is 0 Å². The molecule has 0 spiro atoms. The zero-order valence-corrected chi connectivity index (χ0v) is 13.9. The number of hydrogen-bond acceptors (Lipinski definition) is 2. The summed E-state index contributed by atoms with van der Waals surface area (Å²) >= 11 is 0. The van der Waals surface area contributed by atoms with Crippen molar-refractivity contribution in [2.24, 2.45) is 0 Å². The van der Waals surface area contributed by atoms with Crippen molar-refractivity contribution in [1.82, 2.24) is 14.8 Å². The fourth-order valence-electron chi connectivity index (χ4n) is 3.78. The lowest BCUT2D eigenvalue weighted by Crippen LogP contribution is -2.49. The second-order valence-corrected chi connectivity index (χ2v) is 6.57. The Balaban J connectivity index is 1.96. The Morgan fingerprint density at radius 1 is 1.25 bits per heavy atom. The molecule has 1 aromatic rings. The van der Waals surface area contributed by atoms with Gasteiger partial charge < -0.3 is 14.8 Å². The lowest BCUT2D eigenvalue weighted by Gasteiger charge is -2.36. The van der Waals surface area contributed by atoms with Crippen LogP contribution in [0.3, 0.4) is 0 Å². The molecule has 3 heteroatoms. The van der Waals surface area contributed by atoms with Crippen molar-refractivity contribution in [3.8, 4) is 0 Å². The number of rotatable bonds is 6. The average molecular weight is 277 g/mol. The minimum atomic E-state index is 0.385. The molecular formula is C17H31N3. The number of nitrogens with zero attached hydrogens (tertiary/aromatic N) is 2. The minimum absolute atomic E-state index is 0.385. The quantitative estimate of drug-likeness (QED) is 0.862. The molecule has 114 valence electrons. The van der Waals surface area contributed by atoms with E-state index in [1.54, 1.807) is 0 Å². The molecule has 0 amide bonds. The molecule has 3 nitrogen and oxygen atoms in total. The topological polar surface area (TPSA) is 20.2 Å². The van der Waals surface area contributed by atoms with E-state index < -0.39 is 0 Å². The van der Waals surface area contributed by atoms with Gasteiger partial charge in [0.15, 0.2) is 0 Å². The van der Waals surface area contributed by atoms with Gasteiger partial charge in [-0.05, 0) is 59.3 Å². The van der Waals surface area contributed by atoms with Crippen molar-refractivity contribution in [2.45, 2.75) is 65.1 Å². The number of aromatic nitrogens is 1. The second kappa shape index (κ2) is 6.31. The smallest absolute Gasteiger partial charge is 0.0328 e. The van der Waals surface area contributed by atoms with E-state index >= 15 is 0 Å². The predicted octanol–water partition coefficient (Wildman–Crippen LogP) is 3.09. The van der Waals surface area contributed by atoms with Gasteiger partial charge in [0.25, 0.3) is 0 Å². The first-order valence-corrected chi connectivity index (χ1v) is 8.04. The van der Waals surface area contributed by atoms with Crippen LogP contribution in [0.15, 0.2) is 6.07 Å². The van der Waals surface area contributed by atoms with Gasteiger partial charge >= 0.3 is 0 Å². The van der Waals surface area contributed by atoms with E-state index in [9.17, 15) is 0 Å². The Morgan fingerprint density at radius 3 is 2.40 bits per heavy atom. The summed E-state index contributed by atoms with van der Waals surface area (Å²) in [6.07, 6.45) is 5.43. The fraction of sp³-hybridized carbons (Fsp3) is 0.765. The molecule has 1 aromatic heterocycles. The molecule has 1 N–H and O–H groups in total.